The zero-order valence-corrected chi connectivity index (χ0v) is 27.0. The number of carbonyl (C=O) groups is 4. The van der Waals surface area contributed by atoms with E-state index in [0.29, 0.717) is 5.69 Å². The summed E-state index contributed by atoms with van der Waals surface area (Å²) in [5.41, 5.74) is -0.646. The number of fused-ring (bicyclic) bond motifs is 1. The first-order valence-corrected chi connectivity index (χ1v) is 16.3. The highest BCUT2D eigenvalue weighted by molar-refractivity contribution is 5.97. The first-order valence-electron chi connectivity index (χ1n) is 16.3. The van der Waals surface area contributed by atoms with Crippen LogP contribution in [0.5, 0.6) is 0 Å². The molecule has 0 unspecified atom stereocenters. The fraction of sp³-hybridized carbons (Fsp3) is 0.486. The number of hydrogen-bond acceptors (Lipinski definition) is 7. The highest BCUT2D eigenvalue weighted by Gasteiger charge is 2.61. The number of carbonyl (C=O) groups excluding carboxylic acids is 3. The van der Waals surface area contributed by atoms with Gasteiger partial charge >= 0.3 is 12.1 Å². The Morgan fingerprint density at radius 1 is 1.11 bits per heavy atom. The lowest BCUT2D eigenvalue weighted by molar-refractivity contribution is -0.146. The summed E-state index contributed by atoms with van der Waals surface area (Å²) in [6.45, 7) is 9.31. The molecule has 0 radical (unpaired) electrons. The SMILES string of the molecule is C=C[C@@H]1C[C@]1(NC(=O)[C@@H]1C[C@@H](n2cc(-c3cccc4ccccc34)nn2)CN1C(=O)[C@@H](NC(=O)OC1CCCC1)C(C)(C)C)C(=O)O. The molecule has 12 nitrogen and oxygen atoms in total. The molecule has 2 aromatic carbocycles. The molecular formula is C35H42N6O6. The third kappa shape index (κ3) is 6.33. The van der Waals surface area contributed by atoms with Gasteiger partial charge in [0.1, 0.15) is 29.4 Å². The lowest BCUT2D eigenvalue weighted by Crippen LogP contribution is -2.59. The molecule has 3 aliphatic rings. The van der Waals surface area contributed by atoms with Crippen LogP contribution in [0.1, 0.15) is 65.3 Å². The predicted octanol–water partition coefficient (Wildman–Crippen LogP) is 4.47. The summed E-state index contributed by atoms with van der Waals surface area (Å²) in [6, 6.07) is 11.5. The van der Waals surface area contributed by atoms with Crippen molar-refractivity contribution in [3.05, 3.63) is 61.3 Å². The quantitative estimate of drug-likeness (QED) is 0.289. The zero-order chi connectivity index (χ0) is 33.5. The van der Waals surface area contributed by atoms with E-state index in [1.165, 1.54) is 11.0 Å². The first-order chi connectivity index (χ1) is 22.4. The number of alkyl carbamates (subject to hydrolysis) is 1. The van der Waals surface area contributed by atoms with Gasteiger partial charge in [-0.05, 0) is 48.3 Å². The molecule has 47 heavy (non-hydrogen) atoms. The second kappa shape index (κ2) is 12.5. The molecule has 0 spiro atoms. The van der Waals surface area contributed by atoms with Crippen LogP contribution in [0, 0.1) is 11.3 Å². The summed E-state index contributed by atoms with van der Waals surface area (Å²) in [4.78, 5) is 54.9. The van der Waals surface area contributed by atoms with Crippen LogP contribution in [-0.2, 0) is 19.1 Å². The summed E-state index contributed by atoms with van der Waals surface area (Å²) < 4.78 is 7.28. The van der Waals surface area contributed by atoms with Crippen LogP contribution in [0.25, 0.3) is 22.0 Å². The van der Waals surface area contributed by atoms with Crippen LogP contribution < -0.4 is 10.6 Å². The third-order valence-electron chi connectivity index (χ3n) is 9.79. The molecule has 3 aromatic rings. The van der Waals surface area contributed by atoms with Gasteiger partial charge in [0.05, 0.1) is 12.2 Å². The molecule has 0 bridgehead atoms. The Morgan fingerprint density at radius 2 is 1.83 bits per heavy atom. The molecule has 2 aliphatic carbocycles. The van der Waals surface area contributed by atoms with Crippen molar-refractivity contribution in [1.29, 1.82) is 0 Å². The zero-order valence-electron chi connectivity index (χ0n) is 27.0. The minimum atomic E-state index is -1.47. The Labute approximate surface area is 273 Å². The minimum absolute atomic E-state index is 0.103. The molecule has 3 amide bonds. The molecule has 6 rings (SSSR count). The molecule has 2 heterocycles. The standard InChI is InChI=1S/C35H42N6O6/c1-5-22-18-35(22,32(44)45)37-30(42)28-17-23(41-20-27(38-39-41)26-16-10-12-21-11-6-9-15-25(21)26)19-40(28)31(43)29(34(2,3)4)36-33(46)47-24-13-7-8-14-24/h5-6,9-12,15-16,20,22-24,28-29H,1,7-8,13-14,17-19H2,2-4H3,(H,36,46)(H,37,42)(H,44,45)/t22-,23-,28+,29-,35-/m1/s1. The number of benzene rings is 2. The molecule has 248 valence electrons. The highest BCUT2D eigenvalue weighted by atomic mass is 16.6. The van der Waals surface area contributed by atoms with Gasteiger partial charge in [-0.2, -0.15) is 0 Å². The highest BCUT2D eigenvalue weighted by Crippen LogP contribution is 2.45. The fourth-order valence-corrected chi connectivity index (χ4v) is 6.97. The van der Waals surface area contributed by atoms with Crippen molar-refractivity contribution < 1.29 is 29.0 Å². The molecular weight excluding hydrogens is 600 g/mol. The third-order valence-corrected chi connectivity index (χ3v) is 9.79. The van der Waals surface area contributed by atoms with Crippen molar-refractivity contribution in [2.75, 3.05) is 6.54 Å². The molecule has 1 saturated heterocycles. The normalized spacial score (nSPS) is 24.9. The number of aliphatic carboxylic acids is 1. The van der Waals surface area contributed by atoms with E-state index < -0.39 is 58.9 Å². The molecule has 3 fully saturated rings. The van der Waals surface area contributed by atoms with E-state index in [4.69, 9.17) is 4.74 Å². The molecule has 1 aliphatic heterocycles. The van der Waals surface area contributed by atoms with Crippen molar-refractivity contribution in [3.63, 3.8) is 0 Å². The van der Waals surface area contributed by atoms with Gasteiger partial charge in [0.15, 0.2) is 0 Å². The second-order valence-electron chi connectivity index (χ2n) is 14.1. The molecule has 1 aromatic heterocycles. The Morgan fingerprint density at radius 3 is 2.51 bits per heavy atom. The number of aromatic nitrogens is 3. The van der Waals surface area contributed by atoms with Crippen LogP contribution in [0.3, 0.4) is 0 Å². The number of carboxylic acid groups (broad SMARTS) is 1. The number of likely N-dealkylation sites (tertiary alicyclic amines) is 1. The number of rotatable bonds is 9. The van der Waals surface area contributed by atoms with Gasteiger partial charge in [-0.15, -0.1) is 11.7 Å². The Hall–Kier alpha value is -4.74. The number of ether oxygens (including phenoxy) is 1. The topological polar surface area (TPSA) is 156 Å². The Kier molecular flexibility index (Phi) is 8.54. The lowest BCUT2D eigenvalue weighted by Gasteiger charge is -2.35. The van der Waals surface area contributed by atoms with Crippen molar-refractivity contribution in [2.24, 2.45) is 11.3 Å². The average Bonchev–Trinajstić information content (AvgIpc) is 3.49. The van der Waals surface area contributed by atoms with Crippen LogP contribution in [-0.4, -0.2) is 79.1 Å². The number of nitrogens with one attached hydrogen (secondary N) is 2. The van der Waals surface area contributed by atoms with Gasteiger partial charge in [0.25, 0.3) is 0 Å². The number of amides is 3. The van der Waals surface area contributed by atoms with E-state index >= 15 is 0 Å². The van der Waals surface area contributed by atoms with Crippen LogP contribution in [0.15, 0.2) is 61.3 Å². The van der Waals surface area contributed by atoms with E-state index in [1.807, 2.05) is 63.2 Å². The summed E-state index contributed by atoms with van der Waals surface area (Å²) in [5.74, 6) is -2.61. The van der Waals surface area contributed by atoms with Crippen LogP contribution in [0.2, 0.25) is 0 Å². The average molecular weight is 643 g/mol. The van der Waals surface area contributed by atoms with Gasteiger partial charge in [-0.1, -0.05) is 74.5 Å². The molecule has 12 heteroatoms. The largest absolute Gasteiger partial charge is 0.479 e. The summed E-state index contributed by atoms with van der Waals surface area (Å²) in [5, 5.41) is 26.4. The van der Waals surface area contributed by atoms with Crippen LogP contribution >= 0.6 is 0 Å². The maximum absolute atomic E-state index is 14.4. The van der Waals surface area contributed by atoms with Crippen molar-refractivity contribution in [1.82, 2.24) is 30.5 Å². The molecule has 5 atom stereocenters. The van der Waals surface area contributed by atoms with Gasteiger partial charge in [0, 0.05) is 24.4 Å². The minimum Gasteiger partial charge on any atom is -0.479 e. The summed E-state index contributed by atoms with van der Waals surface area (Å²) >= 11 is 0. The summed E-state index contributed by atoms with van der Waals surface area (Å²) in [6.07, 6.45) is 6.41. The van der Waals surface area contributed by atoms with E-state index in [0.717, 1.165) is 42.0 Å². The molecule has 2 saturated carbocycles. The second-order valence-corrected chi connectivity index (χ2v) is 14.1. The van der Waals surface area contributed by atoms with Gasteiger partial charge < -0.3 is 25.4 Å². The van der Waals surface area contributed by atoms with Gasteiger partial charge in [0.2, 0.25) is 11.8 Å². The van der Waals surface area contributed by atoms with Crippen molar-refractivity contribution in [3.8, 4) is 11.3 Å². The van der Waals surface area contributed by atoms with Gasteiger partial charge in [-0.3, -0.25) is 9.59 Å². The van der Waals surface area contributed by atoms with Crippen LogP contribution in [0.4, 0.5) is 4.79 Å². The van der Waals surface area contributed by atoms with Gasteiger partial charge in [-0.25, -0.2) is 14.3 Å². The predicted molar refractivity (Wildman–Crippen MR) is 174 cm³/mol. The Bertz CT molecular complexity index is 1700. The number of hydrogen-bond donors (Lipinski definition) is 3. The smallest absolute Gasteiger partial charge is 0.408 e. The number of nitrogens with zero attached hydrogens (tertiary/aromatic N) is 4. The fourth-order valence-electron chi connectivity index (χ4n) is 6.97. The lowest BCUT2D eigenvalue weighted by atomic mass is 9.85. The van der Waals surface area contributed by atoms with E-state index in [1.54, 1.807) is 10.9 Å². The first kappa shape index (κ1) is 32.2. The van der Waals surface area contributed by atoms with E-state index in [9.17, 15) is 24.3 Å². The van der Waals surface area contributed by atoms with Crippen molar-refractivity contribution >= 4 is 34.6 Å². The molecule has 3 N–H and O–H groups in total. The van der Waals surface area contributed by atoms with E-state index in [2.05, 4.69) is 27.5 Å². The number of carboxylic acids is 1. The maximum atomic E-state index is 14.4. The van der Waals surface area contributed by atoms with Crippen molar-refractivity contribution in [2.45, 2.75) is 89.1 Å². The van der Waals surface area contributed by atoms with E-state index in [-0.39, 0.29) is 25.5 Å². The maximum Gasteiger partial charge on any atom is 0.408 e. The Balaban J connectivity index is 1.28. The monoisotopic (exact) mass is 642 g/mol. The summed E-state index contributed by atoms with van der Waals surface area (Å²) in [7, 11) is 0.